The number of aromatic nitrogens is 1. The van der Waals surface area contributed by atoms with Crippen LogP contribution in [-0.4, -0.2) is 4.57 Å². The highest BCUT2D eigenvalue weighted by Crippen LogP contribution is 2.62. The molecule has 1 atom stereocenters. The molecule has 0 saturated carbocycles. The molecule has 3 heteroatoms. The monoisotopic (exact) mass is 967 g/mol. The van der Waals surface area contributed by atoms with E-state index in [1.807, 2.05) is 0 Å². The largest absolute Gasteiger partial charge is 0.311 e. The van der Waals surface area contributed by atoms with E-state index in [0.717, 1.165) is 45.3 Å². The summed E-state index contributed by atoms with van der Waals surface area (Å²) in [6.07, 6.45) is 0. The summed E-state index contributed by atoms with van der Waals surface area (Å²) in [5.74, 6) is 0. The number of rotatable bonds is 9. The topological polar surface area (TPSA) is 11.4 Å². The van der Waals surface area contributed by atoms with E-state index in [9.17, 15) is 0 Å². The zero-order valence-corrected chi connectivity index (χ0v) is 41.6. The van der Waals surface area contributed by atoms with E-state index in [-0.39, 0.29) is 0 Å². The lowest BCUT2D eigenvalue weighted by Gasteiger charge is -2.40. The fourth-order valence-corrected chi connectivity index (χ4v) is 12.6. The summed E-state index contributed by atoms with van der Waals surface area (Å²) < 4.78 is 2.52. The maximum Gasteiger partial charge on any atom is 0.0755 e. The lowest BCUT2D eigenvalue weighted by Crippen LogP contribution is -2.33. The Morgan fingerprint density at radius 1 is 0.250 bits per heavy atom. The van der Waals surface area contributed by atoms with Crippen molar-refractivity contribution in [3.8, 4) is 50.2 Å². The minimum atomic E-state index is -0.566. The van der Waals surface area contributed by atoms with Crippen LogP contribution < -0.4 is 9.80 Å². The van der Waals surface area contributed by atoms with Crippen LogP contribution in [0.4, 0.5) is 34.1 Å². The highest BCUT2D eigenvalue weighted by molar-refractivity contribution is 6.13. The fourth-order valence-electron chi connectivity index (χ4n) is 12.6. The first-order valence-corrected chi connectivity index (χ1v) is 26.2. The number of anilines is 6. The summed E-state index contributed by atoms with van der Waals surface area (Å²) >= 11 is 0. The second kappa shape index (κ2) is 17.6. The molecule has 3 nitrogen and oxygen atoms in total. The molecule has 1 aliphatic heterocycles. The lowest BCUT2D eigenvalue weighted by molar-refractivity contribution is 0.748. The molecular formula is C73H49N3. The molecule has 0 radical (unpaired) electrons. The van der Waals surface area contributed by atoms with Gasteiger partial charge in [-0.1, -0.05) is 212 Å². The minimum absolute atomic E-state index is 0.566. The van der Waals surface area contributed by atoms with E-state index in [0.29, 0.717) is 0 Å². The van der Waals surface area contributed by atoms with Crippen molar-refractivity contribution >= 4 is 55.9 Å². The minimum Gasteiger partial charge on any atom is -0.311 e. The molecule has 12 aromatic carbocycles. The quantitative estimate of drug-likeness (QED) is 0.143. The van der Waals surface area contributed by atoms with Crippen molar-refractivity contribution in [3.05, 3.63) is 320 Å². The van der Waals surface area contributed by atoms with Gasteiger partial charge in [0, 0.05) is 44.9 Å². The van der Waals surface area contributed by atoms with Gasteiger partial charge in [0.1, 0.15) is 0 Å². The van der Waals surface area contributed by atoms with Crippen molar-refractivity contribution in [2.75, 3.05) is 9.80 Å². The predicted octanol–water partition coefficient (Wildman–Crippen LogP) is 19.4. The molecule has 0 fully saturated rings. The van der Waals surface area contributed by atoms with Crippen LogP contribution in [0, 0.1) is 0 Å². The van der Waals surface area contributed by atoms with Gasteiger partial charge in [0.05, 0.1) is 22.1 Å². The molecule has 0 saturated heterocycles. The summed E-state index contributed by atoms with van der Waals surface area (Å²) in [6, 6.07) is 109. The highest BCUT2D eigenvalue weighted by atomic mass is 15.1. The zero-order valence-electron chi connectivity index (χ0n) is 41.6. The first-order valence-electron chi connectivity index (χ1n) is 26.2. The van der Waals surface area contributed by atoms with Crippen LogP contribution in [0.25, 0.3) is 72.0 Å². The van der Waals surface area contributed by atoms with Crippen molar-refractivity contribution in [1.82, 2.24) is 4.57 Å². The van der Waals surface area contributed by atoms with E-state index >= 15 is 0 Å². The molecule has 13 aromatic rings. The third-order valence-electron chi connectivity index (χ3n) is 16.0. The molecule has 0 N–H and O–H groups in total. The molecule has 76 heavy (non-hydrogen) atoms. The van der Waals surface area contributed by atoms with Crippen LogP contribution in [0.2, 0.25) is 0 Å². The summed E-state index contributed by atoms with van der Waals surface area (Å²) in [6.45, 7) is 0. The van der Waals surface area contributed by atoms with E-state index < -0.39 is 5.41 Å². The van der Waals surface area contributed by atoms with Gasteiger partial charge in [0.25, 0.3) is 0 Å². The molecular weight excluding hydrogens is 919 g/mol. The first-order chi connectivity index (χ1) is 37.7. The van der Waals surface area contributed by atoms with E-state index in [1.54, 1.807) is 0 Å². The van der Waals surface area contributed by atoms with Crippen molar-refractivity contribution in [3.63, 3.8) is 0 Å². The number of hydrogen-bond acceptors (Lipinski definition) is 2. The lowest BCUT2D eigenvalue weighted by atomic mass is 9.65. The Kier molecular flexibility index (Phi) is 10.1. The van der Waals surface area contributed by atoms with Gasteiger partial charge in [-0.3, -0.25) is 0 Å². The Hall–Kier alpha value is -9.96. The SMILES string of the molecule is c1ccc(-c2ccc(N(c3ccccc3)c3ccc(-c4ccc(N(c5ccc(-c6ccccc6)cc5)c5ccc6c(c5)C5(c7ccccc7-6)c6ccccc6-n6c7ccccc7c7cccc5c76)cc4)cc3)cc2)cc1. The molecule has 356 valence electrons. The average molecular weight is 968 g/mol. The predicted molar refractivity (Wildman–Crippen MR) is 317 cm³/mol. The molecule has 1 spiro atoms. The van der Waals surface area contributed by atoms with Gasteiger partial charge >= 0.3 is 0 Å². The van der Waals surface area contributed by atoms with Crippen molar-refractivity contribution in [2.24, 2.45) is 0 Å². The van der Waals surface area contributed by atoms with Crippen LogP contribution in [0.5, 0.6) is 0 Å². The molecule has 1 unspecified atom stereocenters. The second-order valence-electron chi connectivity index (χ2n) is 20.0. The van der Waals surface area contributed by atoms with Crippen LogP contribution in [0.3, 0.4) is 0 Å². The van der Waals surface area contributed by atoms with Gasteiger partial charge in [-0.25, -0.2) is 0 Å². The van der Waals surface area contributed by atoms with E-state index in [2.05, 4.69) is 312 Å². The van der Waals surface area contributed by atoms with Gasteiger partial charge in [-0.2, -0.15) is 0 Å². The summed E-state index contributed by atoms with van der Waals surface area (Å²) in [5, 5.41) is 2.55. The molecule has 2 aliphatic rings. The Labute approximate surface area is 443 Å². The van der Waals surface area contributed by atoms with Crippen molar-refractivity contribution in [2.45, 2.75) is 5.41 Å². The van der Waals surface area contributed by atoms with Gasteiger partial charge in [-0.15, -0.1) is 0 Å². The van der Waals surface area contributed by atoms with Crippen molar-refractivity contribution in [1.29, 1.82) is 0 Å². The van der Waals surface area contributed by atoms with Crippen LogP contribution >= 0.6 is 0 Å². The number of hydrogen-bond donors (Lipinski definition) is 0. The smallest absolute Gasteiger partial charge is 0.0755 e. The highest BCUT2D eigenvalue weighted by Gasteiger charge is 2.51. The molecule has 0 bridgehead atoms. The van der Waals surface area contributed by atoms with Gasteiger partial charge in [0.2, 0.25) is 0 Å². The fraction of sp³-hybridized carbons (Fsp3) is 0.0137. The zero-order chi connectivity index (χ0) is 50.2. The molecule has 2 heterocycles. The number of nitrogens with zero attached hydrogens (tertiary/aromatic N) is 3. The average Bonchev–Trinajstić information content (AvgIpc) is 4.07. The summed E-state index contributed by atoms with van der Waals surface area (Å²) in [4.78, 5) is 4.76. The van der Waals surface area contributed by atoms with Crippen molar-refractivity contribution < 1.29 is 0 Å². The third kappa shape index (κ3) is 6.76. The molecule has 15 rings (SSSR count). The normalized spacial score (nSPS) is 13.8. The van der Waals surface area contributed by atoms with Gasteiger partial charge in [0.15, 0.2) is 0 Å². The molecule has 0 amide bonds. The Balaban J connectivity index is 0.850. The molecule has 1 aliphatic carbocycles. The van der Waals surface area contributed by atoms with Gasteiger partial charge < -0.3 is 14.4 Å². The maximum atomic E-state index is 2.52. The number of benzene rings is 12. The first kappa shape index (κ1) is 43.6. The summed E-state index contributed by atoms with van der Waals surface area (Å²) in [7, 11) is 0. The Bertz CT molecular complexity index is 4300. The third-order valence-corrected chi connectivity index (χ3v) is 16.0. The Morgan fingerprint density at radius 3 is 1.22 bits per heavy atom. The maximum absolute atomic E-state index is 2.52. The standard InChI is InChI=1S/C73H49N3/c1-4-17-50(18-5-1)52-31-39-57(40-32-52)74(56-21-8-3-9-22-56)58-41-35-54(36-42-58)55-37-45-60(46-38-55)75(59-43-33-53(34-44-59)51-19-6-2-7-20-51)61-47-48-63-62-23-10-12-26-66(62)73(69(63)49-61)67-27-13-15-30-71(67)76-70-29-14-11-24-64(70)65-25-16-28-68(73)72(65)76/h1-49H. The second-order valence-corrected chi connectivity index (χ2v) is 20.0. The van der Waals surface area contributed by atoms with Crippen LogP contribution in [0.15, 0.2) is 297 Å². The van der Waals surface area contributed by atoms with E-state index in [4.69, 9.17) is 0 Å². The van der Waals surface area contributed by atoms with E-state index in [1.165, 1.54) is 83.1 Å². The van der Waals surface area contributed by atoms with Crippen LogP contribution in [0.1, 0.15) is 22.3 Å². The number of para-hydroxylation sites is 4. The number of fused-ring (bicyclic) bond motifs is 12. The Morgan fingerprint density at radius 2 is 0.645 bits per heavy atom. The molecule has 1 aromatic heterocycles. The van der Waals surface area contributed by atoms with Gasteiger partial charge in [-0.05, 0) is 152 Å². The van der Waals surface area contributed by atoms with Crippen LogP contribution in [-0.2, 0) is 5.41 Å². The summed E-state index contributed by atoms with van der Waals surface area (Å²) in [5.41, 5.74) is 24.6.